The summed E-state index contributed by atoms with van der Waals surface area (Å²) < 4.78 is 10.4. The molecule has 4 nitrogen and oxygen atoms in total. The van der Waals surface area contributed by atoms with Gasteiger partial charge < -0.3 is 19.7 Å². The molecular formula is C10H22N2O2. The van der Waals surface area contributed by atoms with E-state index in [4.69, 9.17) is 9.47 Å². The van der Waals surface area contributed by atoms with E-state index in [1.54, 1.807) is 14.2 Å². The van der Waals surface area contributed by atoms with Gasteiger partial charge in [-0.1, -0.05) is 0 Å². The van der Waals surface area contributed by atoms with Crippen molar-refractivity contribution in [2.45, 2.75) is 12.5 Å². The second-order valence-corrected chi connectivity index (χ2v) is 3.69. The van der Waals surface area contributed by atoms with Gasteiger partial charge in [0.2, 0.25) is 0 Å². The molecule has 1 rings (SSSR count). The first-order valence-corrected chi connectivity index (χ1v) is 5.31. The summed E-state index contributed by atoms with van der Waals surface area (Å²) in [4.78, 5) is 2.47. The normalized spacial score (nSPS) is 21.0. The molecule has 1 heterocycles. The van der Waals surface area contributed by atoms with E-state index in [9.17, 15) is 0 Å². The zero-order valence-corrected chi connectivity index (χ0v) is 9.29. The third-order valence-corrected chi connectivity index (χ3v) is 2.66. The summed E-state index contributed by atoms with van der Waals surface area (Å²) in [5, 5.41) is 3.34. The molecular weight excluding hydrogens is 180 g/mol. The summed E-state index contributed by atoms with van der Waals surface area (Å²) >= 11 is 0. The molecule has 0 spiro atoms. The summed E-state index contributed by atoms with van der Waals surface area (Å²) in [7, 11) is 3.47. The Morgan fingerprint density at radius 2 is 2.00 bits per heavy atom. The molecule has 1 saturated heterocycles. The third kappa shape index (κ3) is 4.37. The van der Waals surface area contributed by atoms with E-state index in [0.29, 0.717) is 6.61 Å². The van der Waals surface area contributed by atoms with Crippen molar-refractivity contribution in [1.29, 1.82) is 0 Å². The van der Waals surface area contributed by atoms with Crippen molar-refractivity contribution < 1.29 is 9.47 Å². The van der Waals surface area contributed by atoms with Crippen LogP contribution in [0.25, 0.3) is 0 Å². The standard InChI is InChI=1S/C10H22N2O2/c1-13-9-10(14-2)3-6-12-7-4-11-5-8-12/h10-11H,3-9H2,1-2H3. The van der Waals surface area contributed by atoms with Crippen LogP contribution in [0.3, 0.4) is 0 Å². The first-order valence-electron chi connectivity index (χ1n) is 5.31. The van der Waals surface area contributed by atoms with Crippen LogP contribution in [0.5, 0.6) is 0 Å². The van der Waals surface area contributed by atoms with Crippen LogP contribution in [-0.4, -0.2) is 64.6 Å². The molecule has 0 radical (unpaired) electrons. The Balaban J connectivity index is 2.10. The number of piperazine rings is 1. The number of hydrogen-bond acceptors (Lipinski definition) is 4. The minimum absolute atomic E-state index is 0.245. The molecule has 14 heavy (non-hydrogen) atoms. The molecule has 0 aromatic heterocycles. The van der Waals surface area contributed by atoms with Crippen molar-refractivity contribution in [1.82, 2.24) is 10.2 Å². The third-order valence-electron chi connectivity index (χ3n) is 2.66. The van der Waals surface area contributed by atoms with Crippen molar-refractivity contribution in [3.63, 3.8) is 0 Å². The monoisotopic (exact) mass is 202 g/mol. The molecule has 1 unspecified atom stereocenters. The molecule has 1 aliphatic rings. The lowest BCUT2D eigenvalue weighted by atomic mass is 10.2. The fourth-order valence-corrected chi connectivity index (χ4v) is 1.72. The molecule has 0 aromatic carbocycles. The van der Waals surface area contributed by atoms with E-state index in [2.05, 4.69) is 10.2 Å². The molecule has 0 bridgehead atoms. The summed E-state index contributed by atoms with van der Waals surface area (Å²) in [5.74, 6) is 0. The lowest BCUT2D eigenvalue weighted by Gasteiger charge is -2.28. The van der Waals surface area contributed by atoms with Gasteiger partial charge in [0.25, 0.3) is 0 Å². The maximum atomic E-state index is 5.31. The maximum Gasteiger partial charge on any atom is 0.0816 e. The van der Waals surface area contributed by atoms with E-state index in [1.165, 1.54) is 0 Å². The molecule has 84 valence electrons. The second kappa shape index (κ2) is 7.17. The Bertz CT molecular complexity index is 133. The van der Waals surface area contributed by atoms with Crippen molar-refractivity contribution in [2.75, 3.05) is 53.6 Å². The Labute approximate surface area is 86.6 Å². The summed E-state index contributed by atoms with van der Waals surface area (Å²) in [5.41, 5.74) is 0. The summed E-state index contributed by atoms with van der Waals surface area (Å²) in [6, 6.07) is 0. The van der Waals surface area contributed by atoms with Gasteiger partial charge in [-0.25, -0.2) is 0 Å². The second-order valence-electron chi connectivity index (χ2n) is 3.69. The zero-order valence-electron chi connectivity index (χ0n) is 9.29. The van der Waals surface area contributed by atoms with E-state index >= 15 is 0 Å². The Morgan fingerprint density at radius 1 is 1.29 bits per heavy atom. The molecule has 4 heteroatoms. The summed E-state index contributed by atoms with van der Waals surface area (Å²) in [6.07, 6.45) is 1.31. The average Bonchev–Trinajstić information content (AvgIpc) is 2.25. The van der Waals surface area contributed by atoms with Crippen LogP contribution in [0, 0.1) is 0 Å². The van der Waals surface area contributed by atoms with Crippen LogP contribution in [0.15, 0.2) is 0 Å². The molecule has 1 atom stereocenters. The van der Waals surface area contributed by atoms with Crippen LogP contribution in [0.2, 0.25) is 0 Å². The molecule has 0 aliphatic carbocycles. The fourth-order valence-electron chi connectivity index (χ4n) is 1.72. The van der Waals surface area contributed by atoms with E-state index in [0.717, 1.165) is 39.1 Å². The highest BCUT2D eigenvalue weighted by molar-refractivity contribution is 4.69. The van der Waals surface area contributed by atoms with Crippen LogP contribution in [-0.2, 0) is 9.47 Å². The topological polar surface area (TPSA) is 33.7 Å². The molecule has 0 aromatic rings. The van der Waals surface area contributed by atoms with Crippen LogP contribution in [0.1, 0.15) is 6.42 Å². The highest BCUT2D eigenvalue weighted by Crippen LogP contribution is 2.01. The molecule has 0 amide bonds. The van der Waals surface area contributed by atoms with E-state index in [-0.39, 0.29) is 6.10 Å². The largest absolute Gasteiger partial charge is 0.382 e. The van der Waals surface area contributed by atoms with Gasteiger partial charge in [-0.15, -0.1) is 0 Å². The first kappa shape index (κ1) is 11.9. The number of methoxy groups -OCH3 is 2. The lowest BCUT2D eigenvalue weighted by molar-refractivity contribution is 0.0169. The Hall–Kier alpha value is -0.160. The summed E-state index contributed by atoms with van der Waals surface area (Å²) in [6.45, 7) is 6.35. The predicted molar refractivity (Wildman–Crippen MR) is 56.6 cm³/mol. The number of nitrogens with zero attached hydrogens (tertiary/aromatic N) is 1. The van der Waals surface area contributed by atoms with Crippen LogP contribution in [0.4, 0.5) is 0 Å². The minimum atomic E-state index is 0.245. The SMILES string of the molecule is COCC(CCN1CCNCC1)OC. The molecule has 1 fully saturated rings. The van der Waals surface area contributed by atoms with Crippen molar-refractivity contribution in [3.8, 4) is 0 Å². The number of ether oxygens (including phenoxy) is 2. The molecule has 1 N–H and O–H groups in total. The maximum absolute atomic E-state index is 5.31. The average molecular weight is 202 g/mol. The van der Waals surface area contributed by atoms with E-state index in [1.807, 2.05) is 0 Å². The Kier molecular flexibility index (Phi) is 6.10. The van der Waals surface area contributed by atoms with Gasteiger partial charge in [0, 0.05) is 46.9 Å². The van der Waals surface area contributed by atoms with Gasteiger partial charge in [-0.05, 0) is 6.42 Å². The minimum Gasteiger partial charge on any atom is -0.382 e. The quantitative estimate of drug-likeness (QED) is 0.654. The number of hydrogen-bond donors (Lipinski definition) is 1. The fraction of sp³-hybridized carbons (Fsp3) is 1.00. The van der Waals surface area contributed by atoms with Gasteiger partial charge in [-0.2, -0.15) is 0 Å². The highest BCUT2D eigenvalue weighted by Gasteiger charge is 2.12. The van der Waals surface area contributed by atoms with Gasteiger partial charge >= 0.3 is 0 Å². The van der Waals surface area contributed by atoms with Gasteiger partial charge in [0.15, 0.2) is 0 Å². The molecule has 1 aliphatic heterocycles. The van der Waals surface area contributed by atoms with Crippen LogP contribution >= 0.6 is 0 Å². The van der Waals surface area contributed by atoms with Gasteiger partial charge in [-0.3, -0.25) is 0 Å². The van der Waals surface area contributed by atoms with Crippen LogP contribution < -0.4 is 5.32 Å². The predicted octanol–water partition coefficient (Wildman–Crippen LogP) is -0.0569. The van der Waals surface area contributed by atoms with Gasteiger partial charge in [0.05, 0.1) is 12.7 Å². The van der Waals surface area contributed by atoms with E-state index < -0.39 is 0 Å². The van der Waals surface area contributed by atoms with Crippen molar-refractivity contribution in [3.05, 3.63) is 0 Å². The zero-order chi connectivity index (χ0) is 10.2. The molecule has 0 saturated carbocycles. The first-order chi connectivity index (χ1) is 6.86. The van der Waals surface area contributed by atoms with Gasteiger partial charge in [0.1, 0.15) is 0 Å². The number of nitrogens with one attached hydrogen (secondary N) is 1. The smallest absolute Gasteiger partial charge is 0.0816 e. The van der Waals surface area contributed by atoms with Crippen molar-refractivity contribution in [2.24, 2.45) is 0 Å². The van der Waals surface area contributed by atoms with Crippen molar-refractivity contribution >= 4 is 0 Å². The lowest BCUT2D eigenvalue weighted by Crippen LogP contribution is -2.44. The highest BCUT2D eigenvalue weighted by atomic mass is 16.5. The Morgan fingerprint density at radius 3 is 2.57 bits per heavy atom. The number of rotatable bonds is 6.